The van der Waals surface area contributed by atoms with Crippen LogP contribution in [0.2, 0.25) is 0 Å². The fourth-order valence-corrected chi connectivity index (χ4v) is 1.78. The van der Waals surface area contributed by atoms with Gasteiger partial charge in [0.1, 0.15) is 17.3 Å². The van der Waals surface area contributed by atoms with Crippen LogP contribution in [-0.4, -0.2) is 14.2 Å². The summed E-state index contributed by atoms with van der Waals surface area (Å²) in [7, 11) is 3.16. The lowest BCUT2D eigenvalue weighted by molar-refractivity contribution is 0.397. The van der Waals surface area contributed by atoms with Gasteiger partial charge in [-0.2, -0.15) is 0 Å². The van der Waals surface area contributed by atoms with Gasteiger partial charge in [0.25, 0.3) is 0 Å². The van der Waals surface area contributed by atoms with E-state index in [-0.39, 0.29) is 5.82 Å². The summed E-state index contributed by atoms with van der Waals surface area (Å²) < 4.78 is 23.8. The van der Waals surface area contributed by atoms with Gasteiger partial charge < -0.3 is 9.47 Å². The van der Waals surface area contributed by atoms with E-state index in [2.05, 4.69) is 0 Å². The third-order valence-electron chi connectivity index (χ3n) is 2.54. The Labute approximate surface area is 99.6 Å². The van der Waals surface area contributed by atoms with Crippen LogP contribution >= 0.6 is 0 Å². The third kappa shape index (κ3) is 2.23. The fraction of sp³-hybridized carbons (Fsp3) is 0.143. The smallest absolute Gasteiger partial charge is 0.130 e. The summed E-state index contributed by atoms with van der Waals surface area (Å²) in [5.41, 5.74) is 1.50. The average molecular weight is 232 g/mol. The van der Waals surface area contributed by atoms with Crippen LogP contribution in [0.1, 0.15) is 0 Å². The molecule has 0 spiro atoms. The summed E-state index contributed by atoms with van der Waals surface area (Å²) in [4.78, 5) is 0. The van der Waals surface area contributed by atoms with Gasteiger partial charge in [-0.25, -0.2) is 4.39 Å². The zero-order valence-corrected chi connectivity index (χ0v) is 9.74. The standard InChI is InChI=1S/C14H13FO2/c1-16-12-7-4-8-13(17-2)14(12)10-5-3-6-11(15)9-10/h3-9H,1-2H3. The highest BCUT2D eigenvalue weighted by molar-refractivity contribution is 5.76. The molecule has 2 rings (SSSR count). The van der Waals surface area contributed by atoms with Gasteiger partial charge in [-0.1, -0.05) is 18.2 Å². The van der Waals surface area contributed by atoms with Crippen molar-refractivity contribution in [2.75, 3.05) is 14.2 Å². The zero-order valence-electron chi connectivity index (χ0n) is 9.74. The van der Waals surface area contributed by atoms with Crippen molar-refractivity contribution in [2.45, 2.75) is 0 Å². The van der Waals surface area contributed by atoms with Gasteiger partial charge in [0.15, 0.2) is 0 Å². The van der Waals surface area contributed by atoms with E-state index in [1.807, 2.05) is 24.3 Å². The molecule has 0 unspecified atom stereocenters. The second-order valence-corrected chi connectivity index (χ2v) is 3.55. The number of rotatable bonds is 3. The molecule has 3 heteroatoms. The van der Waals surface area contributed by atoms with E-state index in [1.54, 1.807) is 20.3 Å². The molecule has 0 heterocycles. The quantitative estimate of drug-likeness (QED) is 0.806. The van der Waals surface area contributed by atoms with E-state index in [1.165, 1.54) is 12.1 Å². The SMILES string of the molecule is COc1cccc(OC)c1-c1cccc(F)c1. The molecule has 0 aliphatic carbocycles. The first-order valence-corrected chi connectivity index (χ1v) is 5.23. The Bertz CT molecular complexity index is 501. The molecule has 17 heavy (non-hydrogen) atoms. The molecular formula is C14H13FO2. The van der Waals surface area contributed by atoms with Crippen molar-refractivity contribution in [3.8, 4) is 22.6 Å². The van der Waals surface area contributed by atoms with E-state index in [0.717, 1.165) is 11.1 Å². The van der Waals surface area contributed by atoms with E-state index >= 15 is 0 Å². The monoisotopic (exact) mass is 232 g/mol. The number of methoxy groups -OCH3 is 2. The maximum Gasteiger partial charge on any atom is 0.130 e. The molecule has 2 nitrogen and oxygen atoms in total. The highest BCUT2D eigenvalue weighted by Gasteiger charge is 2.12. The number of ether oxygens (including phenoxy) is 2. The maximum atomic E-state index is 13.2. The zero-order chi connectivity index (χ0) is 12.3. The van der Waals surface area contributed by atoms with Crippen LogP contribution in [0.15, 0.2) is 42.5 Å². The number of hydrogen-bond acceptors (Lipinski definition) is 2. The molecule has 0 fully saturated rings. The van der Waals surface area contributed by atoms with Crippen molar-refractivity contribution in [1.82, 2.24) is 0 Å². The van der Waals surface area contributed by atoms with Gasteiger partial charge in [-0.3, -0.25) is 0 Å². The van der Waals surface area contributed by atoms with Crippen LogP contribution in [0.3, 0.4) is 0 Å². The van der Waals surface area contributed by atoms with Crippen molar-refractivity contribution in [2.24, 2.45) is 0 Å². The minimum atomic E-state index is -0.282. The minimum absolute atomic E-state index is 0.282. The molecule has 0 saturated heterocycles. The molecule has 0 atom stereocenters. The van der Waals surface area contributed by atoms with Crippen molar-refractivity contribution < 1.29 is 13.9 Å². The number of benzene rings is 2. The fourth-order valence-electron chi connectivity index (χ4n) is 1.78. The molecule has 0 bridgehead atoms. The Morgan fingerprint density at radius 1 is 0.882 bits per heavy atom. The van der Waals surface area contributed by atoms with Gasteiger partial charge in [0.05, 0.1) is 19.8 Å². The Hall–Kier alpha value is -2.03. The topological polar surface area (TPSA) is 18.5 Å². The second kappa shape index (κ2) is 4.87. The lowest BCUT2D eigenvalue weighted by atomic mass is 10.0. The van der Waals surface area contributed by atoms with Crippen LogP contribution < -0.4 is 9.47 Å². The number of halogens is 1. The molecule has 0 aliphatic heterocycles. The molecule has 0 N–H and O–H groups in total. The minimum Gasteiger partial charge on any atom is -0.496 e. The lowest BCUT2D eigenvalue weighted by Crippen LogP contribution is -1.93. The molecule has 2 aromatic rings. The predicted octanol–water partition coefficient (Wildman–Crippen LogP) is 3.51. The summed E-state index contributed by atoms with van der Waals surface area (Å²) in [6.45, 7) is 0. The maximum absolute atomic E-state index is 13.2. The summed E-state index contributed by atoms with van der Waals surface area (Å²) in [6, 6.07) is 11.8. The van der Waals surface area contributed by atoms with Crippen LogP contribution in [0.25, 0.3) is 11.1 Å². The van der Waals surface area contributed by atoms with Crippen molar-refractivity contribution in [3.63, 3.8) is 0 Å². The normalized spacial score (nSPS) is 10.1. The summed E-state index contributed by atoms with van der Waals surface area (Å²) in [5.74, 6) is 1.04. The molecular weight excluding hydrogens is 219 g/mol. The van der Waals surface area contributed by atoms with E-state index in [4.69, 9.17) is 9.47 Å². The van der Waals surface area contributed by atoms with Crippen LogP contribution in [0.4, 0.5) is 4.39 Å². The Morgan fingerprint density at radius 3 is 2.00 bits per heavy atom. The van der Waals surface area contributed by atoms with Gasteiger partial charge in [-0.05, 0) is 29.8 Å². The first-order chi connectivity index (χ1) is 8.26. The molecule has 2 aromatic carbocycles. The first kappa shape index (κ1) is 11.5. The van der Waals surface area contributed by atoms with Crippen molar-refractivity contribution in [1.29, 1.82) is 0 Å². The Balaban J connectivity index is 2.64. The van der Waals surface area contributed by atoms with Crippen molar-refractivity contribution >= 4 is 0 Å². The van der Waals surface area contributed by atoms with Gasteiger partial charge in [-0.15, -0.1) is 0 Å². The predicted molar refractivity (Wildman–Crippen MR) is 64.9 cm³/mol. The number of hydrogen-bond donors (Lipinski definition) is 0. The first-order valence-electron chi connectivity index (χ1n) is 5.23. The second-order valence-electron chi connectivity index (χ2n) is 3.55. The largest absolute Gasteiger partial charge is 0.496 e. The Kier molecular flexibility index (Phi) is 3.28. The van der Waals surface area contributed by atoms with Gasteiger partial charge in [0.2, 0.25) is 0 Å². The molecule has 0 amide bonds. The van der Waals surface area contributed by atoms with E-state index < -0.39 is 0 Å². The molecule has 0 aromatic heterocycles. The van der Waals surface area contributed by atoms with E-state index in [9.17, 15) is 4.39 Å². The summed E-state index contributed by atoms with van der Waals surface area (Å²) in [6.07, 6.45) is 0. The van der Waals surface area contributed by atoms with Crippen LogP contribution in [0, 0.1) is 5.82 Å². The van der Waals surface area contributed by atoms with Crippen LogP contribution in [-0.2, 0) is 0 Å². The Morgan fingerprint density at radius 2 is 1.47 bits per heavy atom. The van der Waals surface area contributed by atoms with Gasteiger partial charge in [0, 0.05) is 0 Å². The highest BCUT2D eigenvalue weighted by Crippen LogP contribution is 2.38. The molecule has 0 radical (unpaired) electrons. The lowest BCUT2D eigenvalue weighted by Gasteiger charge is -2.13. The summed E-state index contributed by atoms with van der Waals surface area (Å²) >= 11 is 0. The molecule has 0 saturated carbocycles. The third-order valence-corrected chi connectivity index (χ3v) is 2.54. The molecule has 88 valence electrons. The van der Waals surface area contributed by atoms with Crippen molar-refractivity contribution in [3.05, 3.63) is 48.3 Å². The molecule has 0 aliphatic rings. The van der Waals surface area contributed by atoms with E-state index in [0.29, 0.717) is 11.5 Å². The average Bonchev–Trinajstić information content (AvgIpc) is 2.37. The summed E-state index contributed by atoms with van der Waals surface area (Å²) in [5, 5.41) is 0. The van der Waals surface area contributed by atoms with Crippen LogP contribution in [0.5, 0.6) is 11.5 Å². The highest BCUT2D eigenvalue weighted by atomic mass is 19.1. The van der Waals surface area contributed by atoms with Gasteiger partial charge >= 0.3 is 0 Å².